The minimum atomic E-state index is -0.308. The van der Waals surface area contributed by atoms with Crippen LogP contribution in [0.25, 0.3) is 0 Å². The predicted molar refractivity (Wildman–Crippen MR) is 70.6 cm³/mol. The van der Waals surface area contributed by atoms with Crippen molar-refractivity contribution in [1.29, 1.82) is 0 Å². The Kier molecular flexibility index (Phi) is 5.31. The van der Waals surface area contributed by atoms with Gasteiger partial charge in [-0.25, -0.2) is 4.79 Å². The summed E-state index contributed by atoms with van der Waals surface area (Å²) in [5.41, 5.74) is 1.38. The van der Waals surface area contributed by atoms with Gasteiger partial charge in [0.25, 0.3) is 0 Å². The van der Waals surface area contributed by atoms with E-state index in [9.17, 15) is 4.79 Å². The van der Waals surface area contributed by atoms with E-state index in [1.807, 2.05) is 18.2 Å². The molecule has 18 heavy (non-hydrogen) atoms. The van der Waals surface area contributed by atoms with Gasteiger partial charge in [-0.05, 0) is 25.5 Å². The van der Waals surface area contributed by atoms with Crippen LogP contribution < -0.4 is 5.32 Å². The third-order valence-electron chi connectivity index (χ3n) is 2.69. The van der Waals surface area contributed by atoms with E-state index >= 15 is 0 Å². The average Bonchev–Trinajstić information content (AvgIpc) is 2.36. The fraction of sp³-hybridized carbons (Fsp3) is 0.500. The first-order chi connectivity index (χ1) is 8.50. The fourth-order valence-electron chi connectivity index (χ4n) is 1.73. The van der Waals surface area contributed by atoms with E-state index in [0.29, 0.717) is 18.7 Å². The molecule has 0 bridgehead atoms. The topological polar surface area (TPSA) is 47.6 Å². The summed E-state index contributed by atoms with van der Waals surface area (Å²) in [5.74, 6) is -0.308. The molecule has 100 valence electrons. The van der Waals surface area contributed by atoms with Crippen LogP contribution in [-0.2, 0) is 16.0 Å². The van der Waals surface area contributed by atoms with Crippen molar-refractivity contribution in [3.8, 4) is 0 Å². The summed E-state index contributed by atoms with van der Waals surface area (Å²) in [6, 6.07) is 7.43. The quantitative estimate of drug-likeness (QED) is 0.785. The van der Waals surface area contributed by atoms with Gasteiger partial charge in [-0.3, -0.25) is 0 Å². The van der Waals surface area contributed by atoms with Gasteiger partial charge in [0.1, 0.15) is 0 Å². The van der Waals surface area contributed by atoms with Crippen molar-refractivity contribution >= 4 is 5.97 Å². The molecule has 0 saturated heterocycles. The number of hydrogen-bond donors (Lipinski definition) is 1. The normalized spacial score (nSPS) is 11.3. The zero-order valence-corrected chi connectivity index (χ0v) is 11.4. The number of benzene rings is 1. The van der Waals surface area contributed by atoms with E-state index in [1.165, 1.54) is 7.11 Å². The molecular formula is C14H21NO3. The van der Waals surface area contributed by atoms with Crippen molar-refractivity contribution in [3.63, 3.8) is 0 Å². The van der Waals surface area contributed by atoms with E-state index in [2.05, 4.69) is 19.2 Å². The molecule has 0 unspecified atom stereocenters. The molecule has 0 aliphatic rings. The Hall–Kier alpha value is -1.39. The molecule has 0 atom stereocenters. The lowest BCUT2D eigenvalue weighted by Gasteiger charge is -2.25. The number of esters is 1. The Morgan fingerprint density at radius 3 is 2.56 bits per heavy atom. The van der Waals surface area contributed by atoms with Crippen LogP contribution in [0.4, 0.5) is 0 Å². The van der Waals surface area contributed by atoms with Gasteiger partial charge in [0.2, 0.25) is 0 Å². The Morgan fingerprint density at radius 1 is 1.28 bits per heavy atom. The molecule has 1 N–H and O–H groups in total. The number of rotatable bonds is 6. The standard InChI is InChI=1S/C14H21NO3/c1-14(2,10-17-3)15-9-11-7-5-6-8-12(11)13(16)18-4/h5-8,15H,9-10H2,1-4H3. The molecule has 0 aliphatic heterocycles. The Bertz CT molecular complexity index is 402. The lowest BCUT2D eigenvalue weighted by Crippen LogP contribution is -2.42. The van der Waals surface area contributed by atoms with Gasteiger partial charge in [-0.1, -0.05) is 18.2 Å². The molecule has 0 radical (unpaired) electrons. The van der Waals surface area contributed by atoms with E-state index in [0.717, 1.165) is 5.56 Å². The van der Waals surface area contributed by atoms with Crippen LogP contribution in [0.15, 0.2) is 24.3 Å². The van der Waals surface area contributed by atoms with E-state index in [4.69, 9.17) is 9.47 Å². The molecule has 0 aliphatic carbocycles. The van der Waals surface area contributed by atoms with Crippen molar-refractivity contribution in [2.75, 3.05) is 20.8 Å². The van der Waals surface area contributed by atoms with Gasteiger partial charge in [-0.15, -0.1) is 0 Å². The molecule has 1 aromatic rings. The summed E-state index contributed by atoms with van der Waals surface area (Å²) in [5, 5.41) is 3.36. The first-order valence-electron chi connectivity index (χ1n) is 5.90. The van der Waals surface area contributed by atoms with Crippen molar-refractivity contribution in [1.82, 2.24) is 5.32 Å². The lowest BCUT2D eigenvalue weighted by molar-refractivity contribution is 0.0598. The SMILES string of the molecule is COCC(C)(C)NCc1ccccc1C(=O)OC. The summed E-state index contributed by atoms with van der Waals surface area (Å²) >= 11 is 0. The second-order valence-electron chi connectivity index (χ2n) is 4.82. The highest BCUT2D eigenvalue weighted by Crippen LogP contribution is 2.12. The molecule has 0 amide bonds. The van der Waals surface area contributed by atoms with Gasteiger partial charge >= 0.3 is 5.97 Å². The van der Waals surface area contributed by atoms with Gasteiger partial charge in [-0.2, -0.15) is 0 Å². The number of methoxy groups -OCH3 is 2. The summed E-state index contributed by atoms with van der Waals surface area (Å²) in [6.45, 7) is 5.31. The van der Waals surface area contributed by atoms with E-state index in [1.54, 1.807) is 13.2 Å². The third kappa shape index (κ3) is 4.13. The van der Waals surface area contributed by atoms with Crippen LogP contribution in [-0.4, -0.2) is 32.3 Å². The van der Waals surface area contributed by atoms with Gasteiger partial charge < -0.3 is 14.8 Å². The van der Waals surface area contributed by atoms with Crippen LogP contribution in [0.5, 0.6) is 0 Å². The Balaban J connectivity index is 2.76. The smallest absolute Gasteiger partial charge is 0.338 e. The zero-order chi connectivity index (χ0) is 13.6. The largest absolute Gasteiger partial charge is 0.465 e. The van der Waals surface area contributed by atoms with Crippen molar-refractivity contribution in [2.24, 2.45) is 0 Å². The molecule has 1 rings (SSSR count). The maximum Gasteiger partial charge on any atom is 0.338 e. The highest BCUT2D eigenvalue weighted by atomic mass is 16.5. The second-order valence-corrected chi connectivity index (χ2v) is 4.82. The van der Waals surface area contributed by atoms with Gasteiger partial charge in [0.15, 0.2) is 0 Å². The highest BCUT2D eigenvalue weighted by Gasteiger charge is 2.18. The summed E-state index contributed by atoms with van der Waals surface area (Å²) in [4.78, 5) is 11.6. The first-order valence-corrected chi connectivity index (χ1v) is 5.90. The fourth-order valence-corrected chi connectivity index (χ4v) is 1.73. The third-order valence-corrected chi connectivity index (χ3v) is 2.69. The molecule has 1 aromatic carbocycles. The molecule has 0 fully saturated rings. The molecule has 0 heterocycles. The van der Waals surface area contributed by atoms with E-state index in [-0.39, 0.29) is 11.5 Å². The van der Waals surface area contributed by atoms with Crippen LogP contribution in [0.3, 0.4) is 0 Å². The number of ether oxygens (including phenoxy) is 2. The summed E-state index contributed by atoms with van der Waals surface area (Å²) < 4.78 is 9.90. The van der Waals surface area contributed by atoms with Crippen LogP contribution >= 0.6 is 0 Å². The summed E-state index contributed by atoms with van der Waals surface area (Å²) in [6.07, 6.45) is 0. The summed E-state index contributed by atoms with van der Waals surface area (Å²) in [7, 11) is 3.06. The number of carbonyl (C=O) groups excluding carboxylic acids is 1. The molecule has 0 aromatic heterocycles. The second kappa shape index (κ2) is 6.52. The van der Waals surface area contributed by atoms with Crippen LogP contribution in [0.1, 0.15) is 29.8 Å². The first kappa shape index (κ1) is 14.7. The van der Waals surface area contributed by atoms with E-state index < -0.39 is 0 Å². The molecule has 4 nitrogen and oxygen atoms in total. The van der Waals surface area contributed by atoms with Gasteiger partial charge in [0.05, 0.1) is 19.3 Å². The van der Waals surface area contributed by atoms with Gasteiger partial charge in [0, 0.05) is 19.2 Å². The maximum absolute atomic E-state index is 11.6. The monoisotopic (exact) mass is 251 g/mol. The zero-order valence-electron chi connectivity index (χ0n) is 11.4. The molecule has 0 spiro atoms. The molecular weight excluding hydrogens is 230 g/mol. The number of hydrogen-bond acceptors (Lipinski definition) is 4. The predicted octanol–water partition coefficient (Wildman–Crippen LogP) is 1.99. The number of carbonyl (C=O) groups is 1. The molecule has 0 saturated carbocycles. The average molecular weight is 251 g/mol. The van der Waals surface area contributed by atoms with Crippen molar-refractivity contribution in [2.45, 2.75) is 25.9 Å². The minimum absolute atomic E-state index is 0.141. The maximum atomic E-state index is 11.6. The number of nitrogens with one attached hydrogen (secondary N) is 1. The molecule has 4 heteroatoms. The highest BCUT2D eigenvalue weighted by molar-refractivity contribution is 5.90. The van der Waals surface area contributed by atoms with Crippen LogP contribution in [0.2, 0.25) is 0 Å². The minimum Gasteiger partial charge on any atom is -0.465 e. The Labute approximate surface area is 108 Å². The lowest BCUT2D eigenvalue weighted by atomic mass is 10.0. The Morgan fingerprint density at radius 2 is 1.94 bits per heavy atom. The van der Waals surface area contributed by atoms with Crippen molar-refractivity contribution < 1.29 is 14.3 Å². The van der Waals surface area contributed by atoms with Crippen molar-refractivity contribution in [3.05, 3.63) is 35.4 Å². The van der Waals surface area contributed by atoms with Crippen LogP contribution in [0, 0.1) is 0 Å².